The Balaban J connectivity index is 1.44. The Kier molecular flexibility index (Phi) is 4.12. The lowest BCUT2D eigenvalue weighted by Gasteiger charge is -2.34. The second-order valence-electron chi connectivity index (χ2n) is 6.27. The highest BCUT2D eigenvalue weighted by Gasteiger charge is 2.30. The molecule has 0 fully saturated rings. The zero-order chi connectivity index (χ0) is 17.3. The molecule has 1 aliphatic rings. The Morgan fingerprint density at radius 2 is 1.92 bits per heavy atom. The fourth-order valence-corrected chi connectivity index (χ4v) is 5.25. The predicted molar refractivity (Wildman–Crippen MR) is 104 cm³/mol. The highest BCUT2D eigenvalue weighted by atomic mass is 32.1. The Labute approximate surface area is 159 Å². The van der Waals surface area contributed by atoms with Gasteiger partial charge in [0.2, 0.25) is 5.82 Å². The van der Waals surface area contributed by atoms with E-state index < -0.39 is 0 Å². The quantitative estimate of drug-likeness (QED) is 0.536. The summed E-state index contributed by atoms with van der Waals surface area (Å²) in [5.74, 6) is 0.673. The van der Waals surface area contributed by atoms with Gasteiger partial charge in [0.25, 0.3) is 0 Å². The van der Waals surface area contributed by atoms with Crippen LogP contribution in [0.2, 0.25) is 0 Å². The summed E-state index contributed by atoms with van der Waals surface area (Å²) in [7, 11) is 0. The van der Waals surface area contributed by atoms with Gasteiger partial charge in [0.05, 0.1) is 6.04 Å². The minimum atomic E-state index is 0.274. The van der Waals surface area contributed by atoms with Crippen LogP contribution in [-0.2, 0) is 13.1 Å². The Morgan fingerprint density at radius 3 is 2.77 bits per heavy atom. The van der Waals surface area contributed by atoms with E-state index in [-0.39, 0.29) is 6.04 Å². The maximum atomic E-state index is 4.59. The Bertz CT molecular complexity index is 990. The molecule has 5 nitrogen and oxygen atoms in total. The number of fused-ring (bicyclic) bond motifs is 1. The molecule has 5 rings (SSSR count). The zero-order valence-corrected chi connectivity index (χ0v) is 15.7. The molecule has 1 aromatic carbocycles. The van der Waals surface area contributed by atoms with Crippen molar-refractivity contribution >= 4 is 22.7 Å². The van der Waals surface area contributed by atoms with Crippen molar-refractivity contribution < 1.29 is 0 Å². The highest BCUT2D eigenvalue weighted by Crippen LogP contribution is 2.39. The van der Waals surface area contributed by atoms with Crippen molar-refractivity contribution in [1.82, 2.24) is 25.1 Å². The molecule has 0 saturated carbocycles. The molecule has 0 saturated heterocycles. The van der Waals surface area contributed by atoms with Crippen LogP contribution in [0.1, 0.15) is 21.4 Å². The summed E-state index contributed by atoms with van der Waals surface area (Å²) >= 11 is 3.67. The van der Waals surface area contributed by atoms with Gasteiger partial charge in [-0.25, -0.2) is 0 Å². The molecule has 130 valence electrons. The predicted octanol–water partition coefficient (Wildman–Crippen LogP) is 4.07. The van der Waals surface area contributed by atoms with E-state index in [1.807, 2.05) is 53.0 Å². The minimum absolute atomic E-state index is 0.274. The highest BCUT2D eigenvalue weighted by molar-refractivity contribution is 7.10. The molecule has 0 N–H and O–H groups in total. The van der Waals surface area contributed by atoms with Gasteiger partial charge in [-0.1, -0.05) is 36.4 Å². The maximum Gasteiger partial charge on any atom is 0.204 e. The summed E-state index contributed by atoms with van der Waals surface area (Å²) in [4.78, 5) is 7.02. The molecule has 26 heavy (non-hydrogen) atoms. The lowest BCUT2D eigenvalue weighted by molar-refractivity contribution is 0.148. The molecule has 0 bridgehead atoms. The molecule has 1 atom stereocenters. The first kappa shape index (κ1) is 15.9. The first-order valence-corrected chi connectivity index (χ1v) is 10.3. The monoisotopic (exact) mass is 379 g/mol. The second-order valence-corrected chi connectivity index (χ2v) is 8.25. The number of rotatable bonds is 4. The summed E-state index contributed by atoms with van der Waals surface area (Å²) in [6.45, 7) is 1.63. The van der Waals surface area contributed by atoms with E-state index in [9.17, 15) is 0 Å². The van der Waals surface area contributed by atoms with Gasteiger partial charge in [-0.15, -0.1) is 37.7 Å². The molecule has 1 aliphatic heterocycles. The van der Waals surface area contributed by atoms with Crippen LogP contribution in [0.5, 0.6) is 0 Å². The number of aromatic nitrogens is 4. The molecule has 3 aromatic heterocycles. The third-order valence-electron chi connectivity index (χ3n) is 4.67. The van der Waals surface area contributed by atoms with Crippen LogP contribution >= 0.6 is 22.7 Å². The van der Waals surface area contributed by atoms with Crippen molar-refractivity contribution in [1.29, 1.82) is 0 Å². The van der Waals surface area contributed by atoms with Gasteiger partial charge in [-0.05, 0) is 40.1 Å². The van der Waals surface area contributed by atoms with Crippen molar-refractivity contribution in [2.24, 2.45) is 0 Å². The van der Waals surface area contributed by atoms with E-state index in [4.69, 9.17) is 0 Å². The SMILES string of the molecule is c1ccc(-c2nnn(CN3CCc4sccc4[C@@H]3c3cccs3)n2)cc1. The topological polar surface area (TPSA) is 46.8 Å². The summed E-state index contributed by atoms with van der Waals surface area (Å²) < 4.78 is 0. The van der Waals surface area contributed by atoms with Gasteiger partial charge in [0.15, 0.2) is 0 Å². The average Bonchev–Trinajstić information content (AvgIpc) is 3.44. The first-order chi connectivity index (χ1) is 12.9. The van der Waals surface area contributed by atoms with E-state index in [0.29, 0.717) is 12.5 Å². The molecule has 0 unspecified atom stereocenters. The zero-order valence-electron chi connectivity index (χ0n) is 14.0. The van der Waals surface area contributed by atoms with Gasteiger partial charge in [-0.2, -0.15) is 0 Å². The molecule has 4 aromatic rings. The van der Waals surface area contributed by atoms with Crippen molar-refractivity contribution in [2.45, 2.75) is 19.1 Å². The van der Waals surface area contributed by atoms with Gasteiger partial charge in [-0.3, -0.25) is 4.90 Å². The van der Waals surface area contributed by atoms with E-state index in [1.165, 1.54) is 15.3 Å². The average molecular weight is 380 g/mol. The van der Waals surface area contributed by atoms with Crippen LogP contribution in [-0.4, -0.2) is 31.7 Å². The summed E-state index contributed by atoms with van der Waals surface area (Å²) in [5.41, 5.74) is 2.42. The van der Waals surface area contributed by atoms with Gasteiger partial charge < -0.3 is 0 Å². The summed E-state index contributed by atoms with van der Waals surface area (Å²) in [5, 5.41) is 17.5. The normalized spacial score (nSPS) is 17.3. The molecule has 0 amide bonds. The van der Waals surface area contributed by atoms with Crippen molar-refractivity contribution in [3.63, 3.8) is 0 Å². The molecule has 0 spiro atoms. The van der Waals surface area contributed by atoms with Crippen molar-refractivity contribution in [3.8, 4) is 11.4 Å². The van der Waals surface area contributed by atoms with E-state index in [1.54, 1.807) is 4.80 Å². The van der Waals surface area contributed by atoms with Gasteiger partial charge >= 0.3 is 0 Å². The number of thiophene rings is 2. The summed E-state index contributed by atoms with van der Waals surface area (Å²) in [6.07, 6.45) is 1.08. The van der Waals surface area contributed by atoms with Crippen LogP contribution in [0.4, 0.5) is 0 Å². The lowest BCUT2D eigenvalue weighted by atomic mass is 9.99. The van der Waals surface area contributed by atoms with Gasteiger partial charge in [0, 0.05) is 21.9 Å². The van der Waals surface area contributed by atoms with E-state index in [2.05, 4.69) is 49.3 Å². The fraction of sp³-hybridized carbons (Fsp3) is 0.211. The standard InChI is InChI=1S/C19H17N5S2/c1-2-5-14(6-3-1)19-20-22-24(21-19)13-23-10-8-16-15(9-12-26-16)18(23)17-7-4-11-25-17/h1-7,9,11-12,18H,8,10,13H2/t18-/m1/s1. The van der Waals surface area contributed by atoms with Gasteiger partial charge in [0.1, 0.15) is 6.67 Å². The molecule has 0 aliphatic carbocycles. The number of hydrogen-bond acceptors (Lipinski definition) is 6. The lowest BCUT2D eigenvalue weighted by Crippen LogP contribution is -2.37. The molecule has 7 heteroatoms. The molecule has 4 heterocycles. The Hall–Kier alpha value is -2.35. The van der Waals surface area contributed by atoms with E-state index in [0.717, 1.165) is 18.5 Å². The minimum Gasteiger partial charge on any atom is -0.270 e. The largest absolute Gasteiger partial charge is 0.270 e. The van der Waals surface area contributed by atoms with Crippen molar-refractivity contribution in [3.05, 3.63) is 74.6 Å². The molecular weight excluding hydrogens is 362 g/mol. The second kappa shape index (κ2) is 6.75. The van der Waals surface area contributed by atoms with E-state index >= 15 is 0 Å². The molecular formula is C19H17N5S2. The molecule has 0 radical (unpaired) electrons. The van der Waals surface area contributed by atoms with Crippen LogP contribution < -0.4 is 0 Å². The number of nitrogens with zero attached hydrogens (tertiary/aromatic N) is 5. The smallest absolute Gasteiger partial charge is 0.204 e. The van der Waals surface area contributed by atoms with Crippen LogP contribution in [0.15, 0.2) is 59.3 Å². The third-order valence-corrected chi connectivity index (χ3v) is 6.59. The fourth-order valence-electron chi connectivity index (χ4n) is 3.47. The number of hydrogen-bond donors (Lipinski definition) is 0. The first-order valence-electron chi connectivity index (χ1n) is 8.55. The van der Waals surface area contributed by atoms with Crippen molar-refractivity contribution in [2.75, 3.05) is 6.54 Å². The van der Waals surface area contributed by atoms with Crippen LogP contribution in [0, 0.1) is 0 Å². The van der Waals surface area contributed by atoms with Crippen LogP contribution in [0.3, 0.4) is 0 Å². The number of benzene rings is 1. The van der Waals surface area contributed by atoms with Crippen LogP contribution in [0.25, 0.3) is 11.4 Å². The third kappa shape index (κ3) is 2.88. The maximum absolute atomic E-state index is 4.59. The summed E-state index contributed by atoms with van der Waals surface area (Å²) in [6, 6.07) is 16.9. The number of tetrazole rings is 1. The Morgan fingerprint density at radius 1 is 1.00 bits per heavy atom.